The van der Waals surface area contributed by atoms with Crippen molar-refractivity contribution in [3.05, 3.63) is 35.4 Å². The molecule has 1 aromatic rings. The molecule has 0 aromatic heterocycles. The highest BCUT2D eigenvalue weighted by molar-refractivity contribution is 5.36. The Balaban J connectivity index is 2.60. The Hall–Kier alpha value is -1.30. The van der Waals surface area contributed by atoms with Gasteiger partial charge in [0.25, 0.3) is 0 Å². The lowest BCUT2D eigenvalue weighted by Crippen LogP contribution is -2.15. The van der Waals surface area contributed by atoms with Crippen molar-refractivity contribution in [2.45, 2.75) is 33.5 Å². The summed E-state index contributed by atoms with van der Waals surface area (Å²) < 4.78 is 5.75. The first kappa shape index (κ1) is 13.8. The van der Waals surface area contributed by atoms with Crippen LogP contribution >= 0.6 is 0 Å². The molecule has 0 spiro atoms. The van der Waals surface area contributed by atoms with Crippen LogP contribution < -0.4 is 0 Å². The van der Waals surface area contributed by atoms with E-state index in [1.165, 1.54) is 0 Å². The summed E-state index contributed by atoms with van der Waals surface area (Å²) in [7, 11) is 0. The van der Waals surface area contributed by atoms with Crippen LogP contribution in [-0.4, -0.2) is 17.8 Å². The van der Waals surface area contributed by atoms with Gasteiger partial charge in [-0.25, -0.2) is 0 Å². The minimum Gasteiger partial charge on any atom is -0.384 e. The molecule has 17 heavy (non-hydrogen) atoms. The molecule has 0 bridgehead atoms. The summed E-state index contributed by atoms with van der Waals surface area (Å²) >= 11 is 0. The molecule has 2 nitrogen and oxygen atoms in total. The Kier molecular flexibility index (Phi) is 5.76. The summed E-state index contributed by atoms with van der Waals surface area (Å²) in [5.74, 6) is 6.05. The average Bonchev–Trinajstić information content (AvgIpc) is 2.33. The number of benzene rings is 1. The van der Waals surface area contributed by atoms with Gasteiger partial charge in [-0.15, -0.1) is 0 Å². The van der Waals surface area contributed by atoms with E-state index >= 15 is 0 Å². The van der Waals surface area contributed by atoms with Crippen molar-refractivity contribution in [3.63, 3.8) is 0 Å². The minimum atomic E-state index is -0.106. The molecule has 0 aliphatic rings. The molecule has 0 fully saturated rings. The van der Waals surface area contributed by atoms with Gasteiger partial charge in [-0.05, 0) is 30.5 Å². The zero-order valence-electron chi connectivity index (χ0n) is 10.7. The van der Waals surface area contributed by atoms with Gasteiger partial charge in [0.15, 0.2) is 0 Å². The highest BCUT2D eigenvalue weighted by Gasteiger charge is 2.06. The van der Waals surface area contributed by atoms with Crippen molar-refractivity contribution in [2.24, 2.45) is 5.92 Å². The number of hydrogen-bond donors (Lipinski definition) is 1. The first-order chi connectivity index (χ1) is 8.13. The van der Waals surface area contributed by atoms with E-state index in [2.05, 4.69) is 32.6 Å². The van der Waals surface area contributed by atoms with Crippen LogP contribution in [0.4, 0.5) is 0 Å². The number of aliphatic hydroxyl groups is 1. The Bertz CT molecular complexity index is 399. The van der Waals surface area contributed by atoms with E-state index < -0.39 is 0 Å². The van der Waals surface area contributed by atoms with E-state index in [1.807, 2.05) is 24.3 Å². The summed E-state index contributed by atoms with van der Waals surface area (Å²) in [6.45, 7) is 6.88. The first-order valence-electron chi connectivity index (χ1n) is 5.93. The lowest BCUT2D eigenvalue weighted by molar-refractivity contribution is 0.0235. The van der Waals surface area contributed by atoms with Crippen molar-refractivity contribution in [1.82, 2.24) is 0 Å². The van der Waals surface area contributed by atoms with Crippen molar-refractivity contribution in [3.8, 4) is 11.8 Å². The van der Waals surface area contributed by atoms with Gasteiger partial charge in [-0.3, -0.25) is 0 Å². The second kappa shape index (κ2) is 7.11. The monoisotopic (exact) mass is 232 g/mol. The Morgan fingerprint density at radius 1 is 1.29 bits per heavy atom. The molecule has 0 saturated carbocycles. The van der Waals surface area contributed by atoms with Crippen molar-refractivity contribution >= 4 is 0 Å². The standard InChI is InChI=1S/C15H20O2/c1-12(2)13(3)17-11-15-7-4-6-14(10-15)8-5-9-16/h4,6-7,10,12-13,16H,9,11H2,1-3H3. The summed E-state index contributed by atoms with van der Waals surface area (Å²) in [6.07, 6.45) is 0.252. The fraction of sp³-hybridized carbons (Fsp3) is 0.467. The van der Waals surface area contributed by atoms with Gasteiger partial charge in [0.05, 0.1) is 12.7 Å². The number of hydrogen-bond acceptors (Lipinski definition) is 2. The molecule has 0 radical (unpaired) electrons. The predicted octanol–water partition coefficient (Wildman–Crippen LogP) is 2.59. The SMILES string of the molecule is CC(C)C(C)OCc1cccc(C#CCO)c1. The molecule has 1 rings (SSSR count). The van der Waals surface area contributed by atoms with Crippen LogP contribution in [-0.2, 0) is 11.3 Å². The smallest absolute Gasteiger partial charge is 0.104 e. The molecule has 0 heterocycles. The number of rotatable bonds is 4. The molecule has 0 aliphatic carbocycles. The fourth-order valence-electron chi connectivity index (χ4n) is 1.30. The molecule has 0 aliphatic heterocycles. The molecular formula is C15H20O2. The Morgan fingerprint density at radius 3 is 2.71 bits per heavy atom. The van der Waals surface area contributed by atoms with Crippen LogP contribution in [0.3, 0.4) is 0 Å². The molecule has 1 aromatic carbocycles. The third-order valence-corrected chi connectivity index (χ3v) is 2.69. The van der Waals surface area contributed by atoms with Gasteiger partial charge in [0.2, 0.25) is 0 Å². The van der Waals surface area contributed by atoms with Crippen LogP contribution in [0.25, 0.3) is 0 Å². The maximum Gasteiger partial charge on any atom is 0.104 e. The number of aliphatic hydroxyl groups excluding tert-OH is 1. The summed E-state index contributed by atoms with van der Waals surface area (Å²) in [4.78, 5) is 0. The van der Waals surface area contributed by atoms with Crippen molar-refractivity contribution in [1.29, 1.82) is 0 Å². The quantitative estimate of drug-likeness (QED) is 0.809. The van der Waals surface area contributed by atoms with Gasteiger partial charge in [0, 0.05) is 5.56 Å². The molecule has 1 unspecified atom stereocenters. The zero-order chi connectivity index (χ0) is 12.7. The summed E-state index contributed by atoms with van der Waals surface area (Å²) in [6, 6.07) is 7.91. The van der Waals surface area contributed by atoms with E-state index in [9.17, 15) is 0 Å². The van der Waals surface area contributed by atoms with Crippen LogP contribution in [0.1, 0.15) is 31.9 Å². The molecule has 2 heteroatoms. The average molecular weight is 232 g/mol. The highest BCUT2D eigenvalue weighted by atomic mass is 16.5. The molecule has 0 saturated heterocycles. The van der Waals surface area contributed by atoms with Crippen LogP contribution in [0, 0.1) is 17.8 Å². The Morgan fingerprint density at radius 2 is 2.06 bits per heavy atom. The van der Waals surface area contributed by atoms with E-state index in [4.69, 9.17) is 9.84 Å². The molecule has 1 atom stereocenters. The van der Waals surface area contributed by atoms with E-state index in [0.717, 1.165) is 11.1 Å². The molecular weight excluding hydrogens is 212 g/mol. The van der Waals surface area contributed by atoms with Crippen LogP contribution in [0.5, 0.6) is 0 Å². The summed E-state index contributed by atoms with van der Waals surface area (Å²) in [5.41, 5.74) is 2.03. The van der Waals surface area contributed by atoms with E-state index in [1.54, 1.807) is 0 Å². The van der Waals surface area contributed by atoms with Gasteiger partial charge in [0.1, 0.15) is 6.61 Å². The lowest BCUT2D eigenvalue weighted by Gasteiger charge is -2.16. The topological polar surface area (TPSA) is 29.5 Å². The van der Waals surface area contributed by atoms with E-state index in [-0.39, 0.29) is 12.7 Å². The van der Waals surface area contributed by atoms with Gasteiger partial charge in [-0.1, -0.05) is 37.8 Å². The third kappa shape index (κ3) is 5.04. The normalized spacial score (nSPS) is 12.1. The first-order valence-corrected chi connectivity index (χ1v) is 5.93. The van der Waals surface area contributed by atoms with Crippen LogP contribution in [0.2, 0.25) is 0 Å². The summed E-state index contributed by atoms with van der Waals surface area (Å²) in [5, 5.41) is 8.64. The molecule has 92 valence electrons. The maximum absolute atomic E-state index is 8.64. The zero-order valence-corrected chi connectivity index (χ0v) is 10.7. The minimum absolute atomic E-state index is 0.106. The largest absolute Gasteiger partial charge is 0.384 e. The maximum atomic E-state index is 8.64. The van der Waals surface area contributed by atoms with E-state index in [0.29, 0.717) is 12.5 Å². The van der Waals surface area contributed by atoms with Crippen LogP contribution in [0.15, 0.2) is 24.3 Å². The second-order valence-electron chi connectivity index (χ2n) is 4.42. The van der Waals surface area contributed by atoms with Gasteiger partial charge in [-0.2, -0.15) is 0 Å². The molecule has 0 amide bonds. The fourth-order valence-corrected chi connectivity index (χ4v) is 1.30. The third-order valence-electron chi connectivity index (χ3n) is 2.69. The highest BCUT2D eigenvalue weighted by Crippen LogP contribution is 2.11. The van der Waals surface area contributed by atoms with Crippen molar-refractivity contribution < 1.29 is 9.84 Å². The number of ether oxygens (including phenoxy) is 1. The lowest BCUT2D eigenvalue weighted by atomic mass is 10.1. The Labute approximate surface area is 104 Å². The van der Waals surface area contributed by atoms with Gasteiger partial charge >= 0.3 is 0 Å². The predicted molar refractivity (Wildman–Crippen MR) is 69.5 cm³/mol. The molecule has 1 N–H and O–H groups in total. The van der Waals surface area contributed by atoms with Gasteiger partial charge < -0.3 is 9.84 Å². The van der Waals surface area contributed by atoms with Crippen molar-refractivity contribution in [2.75, 3.05) is 6.61 Å². The second-order valence-corrected chi connectivity index (χ2v) is 4.42.